The largest absolute Gasteiger partial charge is 0.207 e. The molecule has 1 aliphatic carbocycles. The van der Waals surface area contributed by atoms with Crippen molar-refractivity contribution in [3.8, 4) is 0 Å². The summed E-state index contributed by atoms with van der Waals surface area (Å²) in [5.74, 6) is -0.225. The quantitative estimate of drug-likeness (QED) is 0.700. The van der Waals surface area contributed by atoms with Gasteiger partial charge in [0.15, 0.2) is 0 Å². The summed E-state index contributed by atoms with van der Waals surface area (Å²) in [6.07, 6.45) is 3.40. The molecule has 1 fully saturated rings. The first kappa shape index (κ1) is 10.1. The smallest absolute Gasteiger partial charge is 0.127 e. The third kappa shape index (κ3) is 1.83. The van der Waals surface area contributed by atoms with Gasteiger partial charge in [0.25, 0.3) is 0 Å². The van der Waals surface area contributed by atoms with Crippen LogP contribution in [0.2, 0.25) is 0 Å². The Morgan fingerprint density at radius 1 is 1.29 bits per heavy atom. The molecular formula is C11H11BrF2. The van der Waals surface area contributed by atoms with E-state index in [-0.39, 0.29) is 16.5 Å². The molecule has 0 radical (unpaired) electrons. The van der Waals surface area contributed by atoms with Crippen molar-refractivity contribution in [2.24, 2.45) is 5.92 Å². The molecule has 0 saturated heterocycles. The fourth-order valence-corrected chi connectivity index (χ4v) is 2.59. The summed E-state index contributed by atoms with van der Waals surface area (Å²) in [5.41, 5.74) is 0.453. The molecule has 0 spiro atoms. The van der Waals surface area contributed by atoms with Crippen molar-refractivity contribution >= 4 is 15.9 Å². The van der Waals surface area contributed by atoms with Crippen molar-refractivity contribution in [3.05, 3.63) is 35.4 Å². The van der Waals surface area contributed by atoms with Crippen molar-refractivity contribution in [2.45, 2.75) is 24.1 Å². The van der Waals surface area contributed by atoms with Gasteiger partial charge in [-0.1, -0.05) is 22.4 Å². The van der Waals surface area contributed by atoms with Crippen LogP contribution < -0.4 is 0 Å². The first-order valence-corrected chi connectivity index (χ1v) is 5.69. The van der Waals surface area contributed by atoms with E-state index in [4.69, 9.17) is 0 Å². The van der Waals surface area contributed by atoms with E-state index in [1.807, 2.05) is 0 Å². The fraction of sp³-hybridized carbons (Fsp3) is 0.455. The van der Waals surface area contributed by atoms with Crippen LogP contribution in [0, 0.1) is 17.6 Å². The lowest BCUT2D eigenvalue weighted by Gasteiger charge is -2.30. The lowest BCUT2D eigenvalue weighted by Crippen LogP contribution is -2.17. The van der Waals surface area contributed by atoms with E-state index in [9.17, 15) is 8.78 Å². The van der Waals surface area contributed by atoms with Gasteiger partial charge in [-0.2, -0.15) is 0 Å². The number of benzene rings is 1. The first-order chi connectivity index (χ1) is 6.68. The van der Waals surface area contributed by atoms with E-state index < -0.39 is 0 Å². The van der Waals surface area contributed by atoms with Crippen LogP contribution in [-0.2, 0) is 0 Å². The Kier molecular flexibility index (Phi) is 2.86. The van der Waals surface area contributed by atoms with E-state index in [1.165, 1.54) is 18.6 Å². The summed E-state index contributed by atoms with van der Waals surface area (Å²) in [4.78, 5) is -0.0352. The summed E-state index contributed by atoms with van der Waals surface area (Å²) in [6, 6.07) is 3.63. The van der Waals surface area contributed by atoms with Gasteiger partial charge in [0.2, 0.25) is 0 Å². The standard InChI is InChI=1S/C11H11BrF2/c12-11(7-2-1-3-7)9-6-8(13)4-5-10(9)14/h4-7,11H,1-3H2. The van der Waals surface area contributed by atoms with Gasteiger partial charge in [0.05, 0.1) is 0 Å². The molecule has 1 aliphatic rings. The second kappa shape index (κ2) is 3.97. The molecule has 76 valence electrons. The zero-order valence-electron chi connectivity index (χ0n) is 7.64. The molecule has 2 rings (SSSR count). The Morgan fingerprint density at radius 2 is 2.00 bits per heavy atom. The zero-order chi connectivity index (χ0) is 10.1. The van der Waals surface area contributed by atoms with Gasteiger partial charge < -0.3 is 0 Å². The number of rotatable bonds is 2. The lowest BCUT2D eigenvalue weighted by molar-refractivity contribution is 0.308. The average Bonchev–Trinajstić information content (AvgIpc) is 2.06. The normalized spacial score (nSPS) is 19.1. The second-order valence-corrected chi connectivity index (χ2v) is 4.75. The van der Waals surface area contributed by atoms with E-state index in [2.05, 4.69) is 15.9 Å². The molecule has 3 heteroatoms. The monoisotopic (exact) mass is 260 g/mol. The van der Waals surface area contributed by atoms with Crippen LogP contribution >= 0.6 is 15.9 Å². The summed E-state index contributed by atoms with van der Waals surface area (Å²) < 4.78 is 26.2. The van der Waals surface area contributed by atoms with Crippen molar-refractivity contribution in [1.82, 2.24) is 0 Å². The van der Waals surface area contributed by atoms with Gasteiger partial charge in [-0.25, -0.2) is 8.78 Å². The molecule has 1 aromatic carbocycles. The molecule has 1 unspecified atom stereocenters. The highest BCUT2D eigenvalue weighted by atomic mass is 79.9. The van der Waals surface area contributed by atoms with E-state index in [0.717, 1.165) is 18.9 Å². The topological polar surface area (TPSA) is 0 Å². The summed E-state index contributed by atoms with van der Waals surface area (Å²) in [5, 5.41) is 0. The maximum absolute atomic E-state index is 13.3. The minimum absolute atomic E-state index is 0.0352. The van der Waals surface area contributed by atoms with Crippen LogP contribution in [0.15, 0.2) is 18.2 Å². The maximum atomic E-state index is 13.3. The summed E-state index contributed by atoms with van der Waals surface area (Å²) in [7, 11) is 0. The molecule has 0 N–H and O–H groups in total. The van der Waals surface area contributed by atoms with Crippen molar-refractivity contribution in [2.75, 3.05) is 0 Å². The van der Waals surface area contributed by atoms with Gasteiger partial charge in [-0.3, -0.25) is 0 Å². The third-order valence-electron chi connectivity index (χ3n) is 2.82. The Morgan fingerprint density at radius 3 is 2.57 bits per heavy atom. The minimum atomic E-state index is -0.370. The van der Waals surface area contributed by atoms with Gasteiger partial charge in [-0.05, 0) is 37.0 Å². The first-order valence-electron chi connectivity index (χ1n) is 4.77. The highest BCUT2D eigenvalue weighted by molar-refractivity contribution is 9.09. The fourth-order valence-electron chi connectivity index (χ4n) is 1.71. The molecular weight excluding hydrogens is 250 g/mol. The Labute approximate surface area is 90.4 Å². The SMILES string of the molecule is Fc1ccc(F)c(C(Br)C2CCC2)c1. The Balaban J connectivity index is 2.24. The maximum Gasteiger partial charge on any atom is 0.127 e. The lowest BCUT2D eigenvalue weighted by atomic mass is 9.81. The number of halogens is 3. The Hall–Kier alpha value is -0.440. The molecule has 14 heavy (non-hydrogen) atoms. The predicted octanol–water partition coefficient (Wildman–Crippen LogP) is 4.20. The van der Waals surface area contributed by atoms with Crippen molar-refractivity contribution in [1.29, 1.82) is 0 Å². The highest BCUT2D eigenvalue weighted by Crippen LogP contribution is 2.43. The van der Waals surface area contributed by atoms with Crippen LogP contribution in [-0.4, -0.2) is 0 Å². The number of hydrogen-bond acceptors (Lipinski definition) is 0. The zero-order valence-corrected chi connectivity index (χ0v) is 9.23. The second-order valence-electron chi connectivity index (χ2n) is 3.76. The average molecular weight is 261 g/mol. The predicted molar refractivity (Wildman–Crippen MR) is 55.4 cm³/mol. The molecule has 1 atom stereocenters. The van der Waals surface area contributed by atoms with Crippen LogP contribution in [0.25, 0.3) is 0 Å². The molecule has 0 bridgehead atoms. The summed E-state index contributed by atoms with van der Waals surface area (Å²) >= 11 is 3.44. The number of alkyl halides is 1. The third-order valence-corrected chi connectivity index (χ3v) is 4.06. The van der Waals surface area contributed by atoms with E-state index in [1.54, 1.807) is 0 Å². The van der Waals surface area contributed by atoms with E-state index >= 15 is 0 Å². The van der Waals surface area contributed by atoms with Crippen molar-refractivity contribution < 1.29 is 8.78 Å². The molecule has 1 aromatic rings. The number of hydrogen-bond donors (Lipinski definition) is 0. The summed E-state index contributed by atoms with van der Waals surface area (Å²) in [6.45, 7) is 0. The molecule has 0 nitrogen and oxygen atoms in total. The molecule has 0 aromatic heterocycles. The molecule has 0 aliphatic heterocycles. The van der Waals surface area contributed by atoms with Crippen LogP contribution in [0.5, 0.6) is 0 Å². The van der Waals surface area contributed by atoms with E-state index in [0.29, 0.717) is 11.5 Å². The Bertz CT molecular complexity index is 334. The molecule has 0 amide bonds. The van der Waals surface area contributed by atoms with Crippen LogP contribution in [0.4, 0.5) is 8.78 Å². The van der Waals surface area contributed by atoms with Crippen LogP contribution in [0.3, 0.4) is 0 Å². The van der Waals surface area contributed by atoms with Gasteiger partial charge in [0, 0.05) is 10.4 Å². The minimum Gasteiger partial charge on any atom is -0.207 e. The molecule has 0 heterocycles. The van der Waals surface area contributed by atoms with Gasteiger partial charge in [0.1, 0.15) is 11.6 Å². The van der Waals surface area contributed by atoms with Crippen LogP contribution in [0.1, 0.15) is 29.7 Å². The van der Waals surface area contributed by atoms with Crippen molar-refractivity contribution in [3.63, 3.8) is 0 Å². The van der Waals surface area contributed by atoms with Gasteiger partial charge in [-0.15, -0.1) is 0 Å². The van der Waals surface area contributed by atoms with Gasteiger partial charge >= 0.3 is 0 Å². The molecule has 1 saturated carbocycles. The highest BCUT2D eigenvalue weighted by Gasteiger charge is 2.28.